The minimum atomic E-state index is -0.333. The summed E-state index contributed by atoms with van der Waals surface area (Å²) in [4.78, 5) is 23.8. The Morgan fingerprint density at radius 1 is 1.11 bits per heavy atom. The lowest BCUT2D eigenvalue weighted by Gasteiger charge is -2.47. The average Bonchev–Trinajstić information content (AvgIpc) is 3.38. The van der Waals surface area contributed by atoms with E-state index in [1.54, 1.807) is 0 Å². The largest absolute Gasteiger partial charge is 0.370 e. The molecule has 1 aromatic heterocycles. The summed E-state index contributed by atoms with van der Waals surface area (Å²) in [6.07, 6.45) is 13.3. The van der Waals surface area contributed by atoms with Gasteiger partial charge in [0, 0.05) is 58.1 Å². The first-order valence-electron chi connectivity index (χ1n) is 14.0. The molecule has 9 nitrogen and oxygen atoms in total. The van der Waals surface area contributed by atoms with Crippen LogP contribution in [0.4, 0.5) is 11.6 Å². The number of hydrazine groups is 1. The Labute approximate surface area is 224 Å². The fourth-order valence-corrected chi connectivity index (χ4v) is 5.07. The summed E-state index contributed by atoms with van der Waals surface area (Å²) in [7, 11) is 2.00. The summed E-state index contributed by atoms with van der Waals surface area (Å²) in [5, 5.41) is 5.74. The van der Waals surface area contributed by atoms with Crippen LogP contribution in [0.3, 0.4) is 0 Å². The number of carbonyl (C=O) groups is 1. The third-order valence-corrected chi connectivity index (χ3v) is 6.88. The van der Waals surface area contributed by atoms with Crippen molar-refractivity contribution in [3.63, 3.8) is 0 Å². The number of nitrogens with two attached hydrogens (primary N) is 1. The lowest BCUT2D eigenvalue weighted by atomic mass is 10.0. The van der Waals surface area contributed by atoms with E-state index in [9.17, 15) is 4.79 Å². The van der Waals surface area contributed by atoms with Crippen LogP contribution in [-0.2, 0) is 4.79 Å². The summed E-state index contributed by atoms with van der Waals surface area (Å²) >= 11 is 0. The van der Waals surface area contributed by atoms with Crippen molar-refractivity contribution in [1.29, 1.82) is 0 Å². The molecule has 0 radical (unpaired) electrons. The highest BCUT2D eigenvalue weighted by Crippen LogP contribution is 2.29. The lowest BCUT2D eigenvalue weighted by Crippen LogP contribution is -2.62. The Morgan fingerprint density at radius 2 is 1.70 bits per heavy atom. The van der Waals surface area contributed by atoms with Gasteiger partial charge in [-0.05, 0) is 51.5 Å². The zero-order valence-corrected chi connectivity index (χ0v) is 24.0. The molecule has 1 saturated carbocycles. The number of aromatic nitrogens is 2. The van der Waals surface area contributed by atoms with Crippen molar-refractivity contribution in [1.82, 2.24) is 25.3 Å². The van der Waals surface area contributed by atoms with Crippen molar-refractivity contribution in [2.75, 3.05) is 43.4 Å². The van der Waals surface area contributed by atoms with E-state index in [-0.39, 0.29) is 5.91 Å². The van der Waals surface area contributed by atoms with Gasteiger partial charge in [0.05, 0.1) is 12.2 Å². The van der Waals surface area contributed by atoms with Crippen molar-refractivity contribution >= 4 is 23.1 Å². The molecule has 0 unspecified atom stereocenters. The maximum Gasteiger partial charge on any atom is 0.214 e. The predicted octanol–water partition coefficient (Wildman–Crippen LogP) is 4.35. The number of carbonyl (C=O) groups excluding carboxylic acids is 1. The van der Waals surface area contributed by atoms with Gasteiger partial charge in [-0.1, -0.05) is 33.3 Å². The Morgan fingerprint density at radius 3 is 2.24 bits per heavy atom. The van der Waals surface area contributed by atoms with Crippen LogP contribution >= 0.6 is 0 Å². The third kappa shape index (κ3) is 9.31. The van der Waals surface area contributed by atoms with Crippen LogP contribution in [0.5, 0.6) is 0 Å². The number of amides is 1. The number of allylic oxidation sites excluding steroid dienone is 2. The van der Waals surface area contributed by atoms with Crippen molar-refractivity contribution in [2.24, 2.45) is 5.73 Å². The van der Waals surface area contributed by atoms with E-state index in [1.807, 2.05) is 34.0 Å². The first kappa shape index (κ1) is 30.6. The normalized spacial score (nSPS) is 18.6. The van der Waals surface area contributed by atoms with E-state index in [2.05, 4.69) is 51.0 Å². The molecule has 0 bridgehead atoms. The van der Waals surface area contributed by atoms with Gasteiger partial charge in [0.1, 0.15) is 11.5 Å². The molecule has 9 heteroatoms. The zero-order chi connectivity index (χ0) is 27.4. The maximum absolute atomic E-state index is 9.22. The van der Waals surface area contributed by atoms with Gasteiger partial charge in [-0.25, -0.2) is 15.4 Å². The van der Waals surface area contributed by atoms with Gasteiger partial charge in [0.15, 0.2) is 5.82 Å². The molecule has 1 aliphatic carbocycles. The van der Waals surface area contributed by atoms with Gasteiger partial charge >= 0.3 is 0 Å². The van der Waals surface area contributed by atoms with Crippen LogP contribution in [0.15, 0.2) is 24.7 Å². The van der Waals surface area contributed by atoms with E-state index in [4.69, 9.17) is 9.97 Å². The monoisotopic (exact) mass is 514 g/mol. The quantitative estimate of drug-likeness (QED) is 0.440. The number of hydrogen-bond donors (Lipinski definition) is 3. The summed E-state index contributed by atoms with van der Waals surface area (Å²) in [6.45, 7) is 17.9. The lowest BCUT2D eigenvalue weighted by molar-refractivity contribution is -0.115. The molecule has 2 aliphatic heterocycles. The topological polar surface area (TPSA) is 103 Å². The molecule has 3 fully saturated rings. The molecule has 3 aliphatic rings. The van der Waals surface area contributed by atoms with Crippen LogP contribution in [0, 0.1) is 0 Å². The molecule has 4 rings (SSSR count). The number of hydrogen-bond acceptors (Lipinski definition) is 8. The maximum atomic E-state index is 9.22. The van der Waals surface area contributed by atoms with Crippen molar-refractivity contribution < 1.29 is 4.79 Å². The van der Waals surface area contributed by atoms with Crippen LogP contribution in [0.2, 0.25) is 0 Å². The molecule has 208 valence electrons. The Balaban J connectivity index is 0.000000733. The number of anilines is 2. The Hall–Kier alpha value is -2.65. The van der Waals surface area contributed by atoms with Crippen molar-refractivity contribution in [3.8, 4) is 0 Å². The van der Waals surface area contributed by atoms with Gasteiger partial charge in [0.25, 0.3) is 0 Å². The van der Waals surface area contributed by atoms with E-state index >= 15 is 0 Å². The second-order valence-electron chi connectivity index (χ2n) is 9.98. The van der Waals surface area contributed by atoms with Gasteiger partial charge in [-0.15, -0.1) is 0 Å². The number of nitrogens with zero attached hydrogens (tertiary/aromatic N) is 5. The van der Waals surface area contributed by atoms with Crippen LogP contribution < -0.4 is 21.4 Å². The molecule has 0 atom stereocenters. The van der Waals surface area contributed by atoms with Crippen molar-refractivity contribution in [3.05, 3.63) is 30.4 Å². The number of likely N-dealkylation sites (tertiary alicyclic amines) is 1. The van der Waals surface area contributed by atoms with Gasteiger partial charge in [-0.2, -0.15) is 0 Å². The average molecular weight is 515 g/mol. The summed E-state index contributed by atoms with van der Waals surface area (Å²) in [5.41, 5.74) is 10.6. The van der Waals surface area contributed by atoms with Gasteiger partial charge < -0.3 is 21.0 Å². The first-order valence-corrected chi connectivity index (χ1v) is 14.0. The summed E-state index contributed by atoms with van der Waals surface area (Å²) in [6, 6.07) is 1.32. The van der Waals surface area contributed by atoms with Gasteiger partial charge in [-0.3, -0.25) is 9.69 Å². The minimum absolute atomic E-state index is 0.333. The molecule has 3 heterocycles. The molecule has 1 amide bonds. The summed E-state index contributed by atoms with van der Waals surface area (Å²) < 4.78 is 0. The smallest absolute Gasteiger partial charge is 0.214 e. The molecule has 0 spiro atoms. The molecular formula is C28H50N8O. The SMILES string of the molecule is C=C(C)c1ncc(N2CCCCC2)nc1N/C(C)=C/N(NC)C1CN(C2CCCC2)C1.CC.CC(N)=O. The summed E-state index contributed by atoms with van der Waals surface area (Å²) in [5.74, 6) is 1.42. The number of nitrogens with one attached hydrogen (secondary N) is 2. The number of piperidine rings is 1. The number of primary amides is 1. The molecular weight excluding hydrogens is 464 g/mol. The Bertz CT molecular complexity index is 880. The van der Waals surface area contributed by atoms with E-state index < -0.39 is 0 Å². The van der Waals surface area contributed by atoms with Gasteiger partial charge in [0.2, 0.25) is 5.91 Å². The zero-order valence-electron chi connectivity index (χ0n) is 24.0. The number of rotatable bonds is 8. The highest BCUT2D eigenvalue weighted by atomic mass is 16.1. The van der Waals surface area contributed by atoms with E-state index in [1.165, 1.54) is 51.9 Å². The van der Waals surface area contributed by atoms with Crippen LogP contribution in [0.1, 0.15) is 85.3 Å². The second-order valence-corrected chi connectivity index (χ2v) is 9.98. The minimum Gasteiger partial charge on any atom is -0.370 e. The fraction of sp³-hybridized carbons (Fsp3) is 0.679. The van der Waals surface area contributed by atoms with Crippen LogP contribution in [-0.4, -0.2) is 71.1 Å². The fourth-order valence-electron chi connectivity index (χ4n) is 5.07. The van der Waals surface area contributed by atoms with E-state index in [0.717, 1.165) is 60.8 Å². The highest BCUT2D eigenvalue weighted by molar-refractivity contribution is 5.70. The second kappa shape index (κ2) is 15.6. The third-order valence-electron chi connectivity index (χ3n) is 6.88. The molecule has 1 aromatic rings. The van der Waals surface area contributed by atoms with Crippen molar-refractivity contribution in [2.45, 2.75) is 91.6 Å². The molecule has 37 heavy (non-hydrogen) atoms. The predicted molar refractivity (Wildman–Crippen MR) is 155 cm³/mol. The molecule has 4 N–H and O–H groups in total. The molecule has 2 saturated heterocycles. The standard InChI is InChI=1S/C24H39N7.C2H5NO.C2H6/c1-18(2)23-24(28-22(14-26-23)29-12-8-5-9-13-29)27-19(3)15-31(25-4)21-16-30(17-21)20-10-6-7-11-20;1-2(3)4;1-2/h14-15,20-21,25H,1,5-13,16-17H2,2-4H3,(H,27,28);1H3,(H2,3,4);1-2H3/b19-15+;;. The Kier molecular flexibility index (Phi) is 12.9. The molecule has 0 aromatic carbocycles. The van der Waals surface area contributed by atoms with E-state index in [0.29, 0.717) is 6.04 Å². The first-order chi connectivity index (χ1) is 17.8. The van der Waals surface area contributed by atoms with Crippen LogP contribution in [0.25, 0.3) is 5.57 Å². The highest BCUT2D eigenvalue weighted by Gasteiger charge is 2.36.